The van der Waals surface area contributed by atoms with Crippen molar-refractivity contribution < 1.29 is 33.8 Å². The van der Waals surface area contributed by atoms with Gasteiger partial charge in [-0.15, -0.1) is 0 Å². The van der Waals surface area contributed by atoms with Crippen molar-refractivity contribution in [3.63, 3.8) is 0 Å². The number of nitrogens with zero attached hydrogens (tertiary/aromatic N) is 2. The van der Waals surface area contributed by atoms with E-state index in [1.54, 1.807) is 30.1 Å². The van der Waals surface area contributed by atoms with Crippen molar-refractivity contribution in [1.29, 1.82) is 0 Å². The second-order valence-corrected chi connectivity index (χ2v) is 13.2. The molecule has 8 atom stereocenters. The summed E-state index contributed by atoms with van der Waals surface area (Å²) in [5.74, 6) is -3.73. The van der Waals surface area contributed by atoms with E-state index in [0.717, 1.165) is 19.3 Å². The Morgan fingerprint density at radius 1 is 0.979 bits per heavy atom. The van der Waals surface area contributed by atoms with E-state index in [1.165, 1.54) is 4.90 Å². The number of ether oxygens (including phenoxy) is 2. The first-order chi connectivity index (χ1) is 23.3. The van der Waals surface area contributed by atoms with Crippen molar-refractivity contribution >= 4 is 23.7 Å². The molecule has 2 fully saturated rings. The molecule has 2 aromatic rings. The lowest BCUT2D eigenvalue weighted by atomic mass is 9.77. The first-order valence-corrected chi connectivity index (χ1v) is 17.1. The highest BCUT2D eigenvalue weighted by molar-refractivity contribution is 5.99. The van der Waals surface area contributed by atoms with Gasteiger partial charge in [0, 0.05) is 19.5 Å². The SMILES string of the molecule is CCCCCN1CC=C[C@]23O[C@@H]4/C=C\CCC(=O)N[C@H](C)[C@@H](c5ccccc5)OC(=O)[C@@H]4[C@H]2C(=O)N([C@H](CO)c2ccccc2)[C@@H]3C1=O. The van der Waals surface area contributed by atoms with Gasteiger partial charge in [-0.1, -0.05) is 105 Å². The number of hydrogen-bond acceptors (Lipinski definition) is 7. The third-order valence-corrected chi connectivity index (χ3v) is 10.1. The predicted molar refractivity (Wildman–Crippen MR) is 178 cm³/mol. The van der Waals surface area contributed by atoms with E-state index >= 15 is 0 Å². The van der Waals surface area contributed by atoms with Gasteiger partial charge in [-0.2, -0.15) is 0 Å². The number of hydrogen-bond donors (Lipinski definition) is 2. The van der Waals surface area contributed by atoms with E-state index in [9.17, 15) is 24.3 Å². The molecule has 10 heteroatoms. The van der Waals surface area contributed by atoms with Crippen LogP contribution in [-0.4, -0.2) is 82.1 Å². The van der Waals surface area contributed by atoms with Crippen LogP contribution in [0.25, 0.3) is 0 Å². The summed E-state index contributed by atoms with van der Waals surface area (Å²) in [5, 5.41) is 13.8. The number of esters is 1. The van der Waals surface area contributed by atoms with Crippen LogP contribution in [-0.2, 0) is 28.7 Å². The number of fused-ring (bicyclic) bond motifs is 2. The van der Waals surface area contributed by atoms with Crippen molar-refractivity contribution in [3.05, 3.63) is 96.1 Å². The maximum Gasteiger partial charge on any atom is 0.313 e. The summed E-state index contributed by atoms with van der Waals surface area (Å²) in [5.41, 5.74) is -0.116. The highest BCUT2D eigenvalue weighted by atomic mass is 16.6. The lowest BCUT2D eigenvalue weighted by molar-refractivity contribution is -0.162. The third-order valence-electron chi connectivity index (χ3n) is 10.1. The Hall–Kier alpha value is -4.28. The molecule has 2 saturated heterocycles. The second-order valence-electron chi connectivity index (χ2n) is 13.2. The normalized spacial score (nSPS) is 31.8. The molecule has 48 heavy (non-hydrogen) atoms. The Bertz CT molecular complexity index is 1550. The van der Waals surface area contributed by atoms with Crippen LogP contribution in [0.5, 0.6) is 0 Å². The van der Waals surface area contributed by atoms with E-state index in [0.29, 0.717) is 30.6 Å². The van der Waals surface area contributed by atoms with Gasteiger partial charge in [0.25, 0.3) is 0 Å². The van der Waals surface area contributed by atoms with Gasteiger partial charge >= 0.3 is 5.97 Å². The molecule has 0 aliphatic carbocycles. The highest BCUT2D eigenvalue weighted by Crippen LogP contribution is 2.55. The van der Waals surface area contributed by atoms with E-state index < -0.39 is 66.3 Å². The average molecular weight is 656 g/mol. The van der Waals surface area contributed by atoms with Crippen LogP contribution >= 0.6 is 0 Å². The summed E-state index contributed by atoms with van der Waals surface area (Å²) in [7, 11) is 0. The van der Waals surface area contributed by atoms with Gasteiger partial charge in [-0.25, -0.2) is 0 Å². The van der Waals surface area contributed by atoms with E-state index in [1.807, 2.05) is 66.7 Å². The number of allylic oxidation sites excluding steroid dienone is 1. The number of likely N-dealkylation sites (tertiary alicyclic amines) is 1. The quantitative estimate of drug-likeness (QED) is 0.250. The number of rotatable bonds is 8. The van der Waals surface area contributed by atoms with Crippen LogP contribution in [0.15, 0.2) is 85.0 Å². The number of aliphatic hydroxyl groups excluding tert-OH is 1. The number of benzene rings is 2. The molecular weight excluding hydrogens is 610 g/mol. The molecule has 6 rings (SSSR count). The van der Waals surface area contributed by atoms with Crippen LogP contribution in [0.4, 0.5) is 0 Å². The molecule has 2 N–H and O–H groups in total. The number of unbranched alkanes of at least 4 members (excludes halogenated alkanes) is 2. The first kappa shape index (κ1) is 33.6. The molecule has 254 valence electrons. The van der Waals surface area contributed by atoms with E-state index in [-0.39, 0.29) is 18.2 Å². The first-order valence-electron chi connectivity index (χ1n) is 17.1. The average Bonchev–Trinajstić information content (AvgIpc) is 3.48. The minimum absolute atomic E-state index is 0.175. The fraction of sp³-hybridized carbons (Fsp3) is 0.474. The minimum atomic E-state index is -1.49. The summed E-state index contributed by atoms with van der Waals surface area (Å²) in [6.07, 6.45) is 8.83. The Morgan fingerprint density at radius 3 is 2.42 bits per heavy atom. The maximum atomic E-state index is 14.9. The standard InChI is InChI=1S/C38H45N3O7/c1-3-4-13-22-40-23-14-21-38-32(35(44)41(34(38)36(40)45)28(24-42)26-15-7-5-8-16-26)31-29(48-38)19-11-12-20-30(43)39-25(2)33(47-37(31)46)27-17-9-6-10-18-27/h5-11,14-19,21,25,28-29,31-34,42H,3-4,12-13,20,22-24H2,1-2H3,(H,39,43)/b19-11-/t25-,28-,29-,31+,32+,33+,34-,38+/m1/s1. The molecule has 0 aromatic heterocycles. The van der Waals surface area contributed by atoms with Crippen molar-refractivity contribution in [2.75, 3.05) is 19.7 Å². The van der Waals surface area contributed by atoms with Crippen LogP contribution < -0.4 is 5.32 Å². The van der Waals surface area contributed by atoms with Gasteiger partial charge in [0.05, 0.1) is 30.7 Å². The van der Waals surface area contributed by atoms with Gasteiger partial charge < -0.3 is 29.7 Å². The lowest BCUT2D eigenvalue weighted by Crippen LogP contribution is -2.56. The van der Waals surface area contributed by atoms with E-state index in [4.69, 9.17) is 9.47 Å². The summed E-state index contributed by atoms with van der Waals surface area (Å²) < 4.78 is 13.1. The molecule has 0 bridgehead atoms. The Labute approximate surface area is 281 Å². The van der Waals surface area contributed by atoms with Gasteiger partial charge in [0.15, 0.2) is 0 Å². The van der Waals surface area contributed by atoms with Gasteiger partial charge in [-0.3, -0.25) is 19.2 Å². The minimum Gasteiger partial charge on any atom is -0.455 e. The predicted octanol–water partition coefficient (Wildman–Crippen LogP) is 4.03. The van der Waals surface area contributed by atoms with Gasteiger partial charge in [0.2, 0.25) is 17.7 Å². The summed E-state index contributed by atoms with van der Waals surface area (Å²) in [6, 6.07) is 15.8. The molecule has 0 radical (unpaired) electrons. The molecule has 0 unspecified atom stereocenters. The lowest BCUT2D eigenvalue weighted by Gasteiger charge is -2.38. The monoisotopic (exact) mass is 655 g/mol. The third kappa shape index (κ3) is 6.19. The van der Waals surface area contributed by atoms with Crippen LogP contribution in [0.2, 0.25) is 0 Å². The summed E-state index contributed by atoms with van der Waals surface area (Å²) in [4.78, 5) is 60.1. The number of carbonyl (C=O) groups excluding carboxylic acids is 4. The van der Waals surface area contributed by atoms with E-state index in [2.05, 4.69) is 12.2 Å². The highest BCUT2D eigenvalue weighted by Gasteiger charge is 2.72. The Kier molecular flexibility index (Phi) is 10.1. The zero-order valence-corrected chi connectivity index (χ0v) is 27.6. The molecule has 1 spiro atoms. The van der Waals surface area contributed by atoms with Crippen molar-refractivity contribution in [2.45, 2.75) is 81.9 Å². The molecule has 10 nitrogen and oxygen atoms in total. The van der Waals surface area contributed by atoms with Crippen LogP contribution in [0.3, 0.4) is 0 Å². The van der Waals surface area contributed by atoms with Crippen LogP contribution in [0.1, 0.15) is 69.2 Å². The number of nitrogens with one attached hydrogen (secondary N) is 1. The molecule has 4 aliphatic heterocycles. The molecule has 0 saturated carbocycles. The Balaban J connectivity index is 1.46. The number of amides is 3. The van der Waals surface area contributed by atoms with Gasteiger partial charge in [0.1, 0.15) is 23.7 Å². The zero-order valence-electron chi connectivity index (χ0n) is 27.6. The van der Waals surface area contributed by atoms with Crippen molar-refractivity contribution in [2.24, 2.45) is 11.8 Å². The Morgan fingerprint density at radius 2 is 1.71 bits per heavy atom. The molecule has 4 heterocycles. The number of aliphatic hydroxyl groups is 1. The number of cyclic esters (lactones) is 1. The van der Waals surface area contributed by atoms with Gasteiger partial charge in [-0.05, 0) is 30.9 Å². The molecule has 3 amide bonds. The fourth-order valence-corrected chi connectivity index (χ4v) is 7.81. The maximum absolute atomic E-state index is 14.9. The molecule has 2 aromatic carbocycles. The summed E-state index contributed by atoms with van der Waals surface area (Å²) in [6.45, 7) is 4.32. The second kappa shape index (κ2) is 14.5. The molecular formula is C38H45N3O7. The van der Waals surface area contributed by atoms with Crippen LogP contribution in [0, 0.1) is 11.8 Å². The fourth-order valence-electron chi connectivity index (χ4n) is 7.81. The van der Waals surface area contributed by atoms with Crippen molar-refractivity contribution in [3.8, 4) is 0 Å². The smallest absolute Gasteiger partial charge is 0.313 e. The topological polar surface area (TPSA) is 125 Å². The zero-order chi connectivity index (χ0) is 33.8. The molecule has 4 aliphatic rings. The summed E-state index contributed by atoms with van der Waals surface area (Å²) >= 11 is 0. The van der Waals surface area contributed by atoms with Crippen molar-refractivity contribution in [1.82, 2.24) is 15.1 Å². The number of carbonyl (C=O) groups is 4. The largest absolute Gasteiger partial charge is 0.455 e.